The molecule has 2 aromatic rings. The maximum atomic E-state index is 12.8. The number of hydrogen-bond acceptors (Lipinski definition) is 8. The van der Waals surface area contributed by atoms with Gasteiger partial charge in [-0.2, -0.15) is 5.10 Å². The van der Waals surface area contributed by atoms with Gasteiger partial charge < -0.3 is 19.5 Å². The van der Waals surface area contributed by atoms with Crippen LogP contribution in [0.3, 0.4) is 0 Å². The molecule has 3 rings (SSSR count). The molecule has 34 heavy (non-hydrogen) atoms. The second kappa shape index (κ2) is 11.6. The van der Waals surface area contributed by atoms with Gasteiger partial charge in [-0.05, 0) is 49.2 Å². The molecule has 1 aliphatic heterocycles. The van der Waals surface area contributed by atoms with E-state index in [0.29, 0.717) is 23.8 Å². The number of hydrazone groups is 1. The van der Waals surface area contributed by atoms with Crippen molar-refractivity contribution < 1.29 is 28.6 Å². The van der Waals surface area contributed by atoms with E-state index in [-0.39, 0.29) is 17.0 Å². The molecule has 10 heteroatoms. The number of esters is 1. The molecule has 0 aromatic heterocycles. The molecule has 1 unspecified atom stereocenters. The first-order chi connectivity index (χ1) is 16.4. The minimum atomic E-state index is -0.974. The number of carbonyl (C=O) groups excluding carboxylic acids is 3. The van der Waals surface area contributed by atoms with Crippen LogP contribution in [-0.4, -0.2) is 53.9 Å². The SMILES string of the molecule is CCOc1cc(C2=NN(Cc3ccc(NC(=O)C(=O)OC)cc3)C(=O)SC2CC)ccc1OC. The fourth-order valence-corrected chi connectivity index (χ4v) is 4.27. The van der Waals surface area contributed by atoms with Crippen LogP contribution in [0.2, 0.25) is 0 Å². The summed E-state index contributed by atoms with van der Waals surface area (Å²) in [4.78, 5) is 35.7. The van der Waals surface area contributed by atoms with Crippen molar-refractivity contribution in [2.24, 2.45) is 5.10 Å². The first-order valence-corrected chi connectivity index (χ1v) is 11.6. The van der Waals surface area contributed by atoms with E-state index in [9.17, 15) is 14.4 Å². The van der Waals surface area contributed by atoms with Crippen molar-refractivity contribution in [3.8, 4) is 11.5 Å². The second-order valence-electron chi connectivity index (χ2n) is 7.26. The zero-order chi connectivity index (χ0) is 24.7. The Morgan fingerprint density at radius 3 is 2.44 bits per heavy atom. The van der Waals surface area contributed by atoms with E-state index in [1.165, 1.54) is 16.8 Å². The van der Waals surface area contributed by atoms with E-state index in [4.69, 9.17) is 14.6 Å². The smallest absolute Gasteiger partial charge is 0.396 e. The Kier molecular flexibility index (Phi) is 8.53. The summed E-state index contributed by atoms with van der Waals surface area (Å²) in [5, 5.41) is 8.35. The number of anilines is 1. The molecular weight excluding hydrogens is 458 g/mol. The molecule has 0 fully saturated rings. The number of rotatable bonds is 8. The van der Waals surface area contributed by atoms with Crippen molar-refractivity contribution in [1.29, 1.82) is 0 Å². The Hall–Kier alpha value is -3.53. The van der Waals surface area contributed by atoms with E-state index in [1.54, 1.807) is 31.4 Å². The van der Waals surface area contributed by atoms with Crippen LogP contribution in [0.15, 0.2) is 47.6 Å². The van der Waals surface area contributed by atoms with Gasteiger partial charge in [0.15, 0.2) is 11.5 Å². The lowest BCUT2D eigenvalue weighted by atomic mass is 10.0. The molecule has 1 atom stereocenters. The lowest BCUT2D eigenvalue weighted by Crippen LogP contribution is -2.34. The van der Waals surface area contributed by atoms with Gasteiger partial charge in [-0.15, -0.1) is 0 Å². The summed E-state index contributed by atoms with van der Waals surface area (Å²) in [5.74, 6) is -0.574. The van der Waals surface area contributed by atoms with Crippen molar-refractivity contribution in [2.75, 3.05) is 26.1 Å². The Bertz CT molecular complexity index is 1090. The van der Waals surface area contributed by atoms with E-state index < -0.39 is 11.9 Å². The maximum Gasteiger partial charge on any atom is 0.396 e. The number of ether oxygens (including phenoxy) is 3. The van der Waals surface area contributed by atoms with Gasteiger partial charge >= 0.3 is 17.1 Å². The number of thioether (sulfide) groups is 1. The third-order valence-electron chi connectivity index (χ3n) is 5.03. The summed E-state index contributed by atoms with van der Waals surface area (Å²) in [6.45, 7) is 4.68. The summed E-state index contributed by atoms with van der Waals surface area (Å²) in [6, 6.07) is 12.4. The number of amides is 2. The van der Waals surface area contributed by atoms with Gasteiger partial charge in [0, 0.05) is 11.3 Å². The van der Waals surface area contributed by atoms with E-state index in [2.05, 4.69) is 10.1 Å². The molecule has 9 nitrogen and oxygen atoms in total. The molecule has 0 saturated heterocycles. The maximum absolute atomic E-state index is 12.8. The van der Waals surface area contributed by atoms with Gasteiger partial charge in [0.25, 0.3) is 0 Å². The van der Waals surface area contributed by atoms with Crippen LogP contribution in [0, 0.1) is 0 Å². The summed E-state index contributed by atoms with van der Waals surface area (Å²) in [5.41, 5.74) is 2.91. The average molecular weight is 486 g/mol. The van der Waals surface area contributed by atoms with Crippen LogP contribution in [0.4, 0.5) is 10.5 Å². The molecule has 1 aliphatic rings. The van der Waals surface area contributed by atoms with Crippen molar-refractivity contribution in [3.05, 3.63) is 53.6 Å². The van der Waals surface area contributed by atoms with Gasteiger partial charge in [0.1, 0.15) is 0 Å². The Labute approximate surface area is 202 Å². The highest BCUT2D eigenvalue weighted by Gasteiger charge is 2.30. The minimum absolute atomic E-state index is 0.0810. The van der Waals surface area contributed by atoms with Gasteiger partial charge in [-0.25, -0.2) is 9.80 Å². The Balaban J connectivity index is 1.83. The fourth-order valence-electron chi connectivity index (χ4n) is 3.34. The number of carbonyl (C=O) groups is 3. The van der Waals surface area contributed by atoms with Crippen LogP contribution >= 0.6 is 11.8 Å². The monoisotopic (exact) mass is 485 g/mol. The molecule has 0 radical (unpaired) electrons. The minimum Gasteiger partial charge on any atom is -0.493 e. The third-order valence-corrected chi connectivity index (χ3v) is 6.29. The standard InChI is InChI=1S/C24H27N3O6S/c1-5-20-21(16-9-12-18(31-3)19(13-16)33-6-2)26-27(24(30)34-20)14-15-7-10-17(11-8-15)25-22(28)23(29)32-4/h7-13,20H,5-6,14H2,1-4H3,(H,25,28). The number of nitrogens with one attached hydrogen (secondary N) is 1. The summed E-state index contributed by atoms with van der Waals surface area (Å²) in [7, 11) is 2.73. The largest absolute Gasteiger partial charge is 0.493 e. The molecule has 0 bridgehead atoms. The van der Waals surface area contributed by atoms with Gasteiger partial charge in [0.05, 0.1) is 38.3 Å². The zero-order valence-electron chi connectivity index (χ0n) is 19.5. The third kappa shape index (κ3) is 5.88. The van der Waals surface area contributed by atoms with Crippen molar-refractivity contribution >= 4 is 40.3 Å². The molecule has 2 amide bonds. The van der Waals surface area contributed by atoms with Crippen LogP contribution in [0.25, 0.3) is 0 Å². The predicted octanol–water partition coefficient (Wildman–Crippen LogP) is 4.06. The summed E-state index contributed by atoms with van der Waals surface area (Å²) < 4.78 is 15.5. The van der Waals surface area contributed by atoms with Gasteiger partial charge in [-0.1, -0.05) is 30.8 Å². The molecule has 180 valence electrons. The quantitative estimate of drug-likeness (QED) is 0.444. The lowest BCUT2D eigenvalue weighted by molar-refractivity contribution is -0.150. The van der Waals surface area contributed by atoms with E-state index in [0.717, 1.165) is 30.4 Å². The van der Waals surface area contributed by atoms with Crippen LogP contribution in [0.1, 0.15) is 31.4 Å². The highest BCUT2D eigenvalue weighted by molar-refractivity contribution is 8.14. The summed E-state index contributed by atoms with van der Waals surface area (Å²) in [6.07, 6.45) is 0.744. The molecular formula is C24H27N3O6S. The number of benzene rings is 2. The lowest BCUT2D eigenvalue weighted by Gasteiger charge is -2.28. The van der Waals surface area contributed by atoms with Gasteiger partial charge in [-0.3, -0.25) is 9.59 Å². The molecule has 0 aliphatic carbocycles. The van der Waals surface area contributed by atoms with E-state index in [1.807, 2.05) is 32.0 Å². The fraction of sp³-hybridized carbons (Fsp3) is 0.333. The van der Waals surface area contributed by atoms with Crippen LogP contribution < -0.4 is 14.8 Å². The van der Waals surface area contributed by atoms with Crippen LogP contribution in [0.5, 0.6) is 11.5 Å². The summed E-state index contributed by atoms with van der Waals surface area (Å²) >= 11 is 1.24. The second-order valence-corrected chi connectivity index (χ2v) is 8.42. The average Bonchev–Trinajstić information content (AvgIpc) is 2.85. The van der Waals surface area contributed by atoms with Crippen molar-refractivity contribution in [3.63, 3.8) is 0 Å². The van der Waals surface area contributed by atoms with Gasteiger partial charge in [0.2, 0.25) is 0 Å². The number of nitrogens with zero attached hydrogens (tertiary/aromatic N) is 2. The normalized spacial score (nSPS) is 15.4. The molecule has 1 N–H and O–H groups in total. The van der Waals surface area contributed by atoms with Crippen molar-refractivity contribution in [2.45, 2.75) is 32.1 Å². The zero-order valence-corrected chi connectivity index (χ0v) is 20.3. The molecule has 0 spiro atoms. The molecule has 0 saturated carbocycles. The van der Waals surface area contributed by atoms with Crippen LogP contribution in [-0.2, 0) is 20.9 Å². The van der Waals surface area contributed by atoms with E-state index >= 15 is 0 Å². The molecule has 1 heterocycles. The Morgan fingerprint density at radius 1 is 1.09 bits per heavy atom. The Morgan fingerprint density at radius 2 is 1.82 bits per heavy atom. The topological polar surface area (TPSA) is 107 Å². The highest BCUT2D eigenvalue weighted by Crippen LogP contribution is 2.34. The first kappa shape index (κ1) is 25.1. The van der Waals surface area contributed by atoms with Crippen molar-refractivity contribution in [1.82, 2.24) is 5.01 Å². The highest BCUT2D eigenvalue weighted by atomic mass is 32.2. The first-order valence-electron chi connectivity index (χ1n) is 10.8. The number of methoxy groups -OCH3 is 2. The molecule has 2 aromatic carbocycles. The number of hydrogen-bond donors (Lipinski definition) is 1. The predicted molar refractivity (Wildman–Crippen MR) is 130 cm³/mol.